The van der Waals surface area contributed by atoms with Crippen molar-refractivity contribution in [3.05, 3.63) is 35.6 Å². The van der Waals surface area contributed by atoms with Crippen LogP contribution in [0.3, 0.4) is 0 Å². The van der Waals surface area contributed by atoms with Gasteiger partial charge in [0.25, 0.3) is 0 Å². The Labute approximate surface area is 137 Å². The predicted octanol–water partition coefficient (Wildman–Crippen LogP) is 2.73. The van der Waals surface area contributed by atoms with Crippen LogP contribution in [0.2, 0.25) is 0 Å². The van der Waals surface area contributed by atoms with Gasteiger partial charge >= 0.3 is 0 Å². The van der Waals surface area contributed by atoms with Crippen LogP contribution in [0.25, 0.3) is 0 Å². The van der Waals surface area contributed by atoms with E-state index in [4.69, 9.17) is 0 Å². The molecule has 0 aromatic heterocycles. The molecule has 2 unspecified atom stereocenters. The van der Waals surface area contributed by atoms with Crippen LogP contribution in [0.4, 0.5) is 4.39 Å². The summed E-state index contributed by atoms with van der Waals surface area (Å²) in [5, 5.41) is 2.84. The van der Waals surface area contributed by atoms with Crippen molar-refractivity contribution in [2.75, 3.05) is 13.1 Å². The summed E-state index contributed by atoms with van der Waals surface area (Å²) in [4.78, 5) is 26.4. The number of halogens is 1. The second kappa shape index (κ2) is 8.09. The van der Waals surface area contributed by atoms with Crippen molar-refractivity contribution >= 4 is 11.8 Å². The van der Waals surface area contributed by atoms with Gasteiger partial charge in [0.2, 0.25) is 11.8 Å². The van der Waals surface area contributed by atoms with E-state index >= 15 is 0 Å². The molecule has 2 rings (SSSR count). The fourth-order valence-corrected chi connectivity index (χ4v) is 2.79. The van der Waals surface area contributed by atoms with Crippen LogP contribution in [-0.2, 0) is 16.1 Å². The fraction of sp³-hybridized carbons (Fsp3) is 0.556. The van der Waals surface area contributed by atoms with E-state index in [0.29, 0.717) is 13.0 Å². The molecule has 0 saturated heterocycles. The van der Waals surface area contributed by atoms with Crippen LogP contribution in [0.1, 0.15) is 38.7 Å². The molecule has 0 aliphatic heterocycles. The van der Waals surface area contributed by atoms with Gasteiger partial charge in [0.1, 0.15) is 5.82 Å². The molecule has 2 amide bonds. The normalized spacial score (nSPS) is 19.3. The first-order chi connectivity index (χ1) is 11.1. The van der Waals surface area contributed by atoms with E-state index in [-0.39, 0.29) is 29.5 Å². The summed E-state index contributed by atoms with van der Waals surface area (Å²) in [5.74, 6) is -0.642. The van der Waals surface area contributed by atoms with E-state index in [2.05, 4.69) is 19.2 Å². The molecule has 1 fully saturated rings. The second-order valence-electron chi connectivity index (χ2n) is 6.12. The van der Waals surface area contributed by atoms with Crippen molar-refractivity contribution < 1.29 is 14.0 Å². The minimum atomic E-state index is -0.292. The summed E-state index contributed by atoms with van der Waals surface area (Å²) >= 11 is 0. The van der Waals surface area contributed by atoms with Gasteiger partial charge in [-0.05, 0) is 37.0 Å². The number of hydrogen-bond donors (Lipinski definition) is 1. The average Bonchev–Trinajstić information content (AvgIpc) is 3.34. The van der Waals surface area contributed by atoms with Gasteiger partial charge in [-0.1, -0.05) is 26.0 Å². The second-order valence-corrected chi connectivity index (χ2v) is 6.12. The van der Waals surface area contributed by atoms with Gasteiger partial charge in [0.05, 0.1) is 11.8 Å². The standard InChI is InChI=1S/C18H25FN2O2/c1-3-9-21(10-4-2)18(23)16-11-15(16)17(22)20-12-13-5-7-14(19)8-6-13/h5-8,15-16H,3-4,9-12H2,1-2H3,(H,20,22). The molecule has 0 heterocycles. The Balaban J connectivity index is 1.81. The van der Waals surface area contributed by atoms with Crippen molar-refractivity contribution in [3.8, 4) is 0 Å². The Morgan fingerprint density at radius 1 is 1.13 bits per heavy atom. The molecule has 1 N–H and O–H groups in total. The minimum Gasteiger partial charge on any atom is -0.352 e. The molecule has 23 heavy (non-hydrogen) atoms. The Morgan fingerprint density at radius 2 is 1.74 bits per heavy atom. The van der Waals surface area contributed by atoms with Gasteiger partial charge in [0.15, 0.2) is 0 Å². The summed E-state index contributed by atoms with van der Waals surface area (Å²) in [6, 6.07) is 6.04. The summed E-state index contributed by atoms with van der Waals surface area (Å²) in [6.07, 6.45) is 2.50. The largest absolute Gasteiger partial charge is 0.352 e. The van der Waals surface area contributed by atoms with Crippen molar-refractivity contribution in [1.82, 2.24) is 10.2 Å². The molecule has 1 aliphatic rings. The van der Waals surface area contributed by atoms with Gasteiger partial charge in [-0.3, -0.25) is 9.59 Å². The maximum atomic E-state index is 12.8. The highest BCUT2D eigenvalue weighted by Gasteiger charge is 2.49. The average molecular weight is 320 g/mol. The molecule has 126 valence electrons. The van der Waals surface area contributed by atoms with Gasteiger partial charge in [-0.2, -0.15) is 0 Å². The number of amides is 2. The molecule has 1 aromatic carbocycles. The predicted molar refractivity (Wildman–Crippen MR) is 87.0 cm³/mol. The lowest BCUT2D eigenvalue weighted by Crippen LogP contribution is -2.35. The summed E-state index contributed by atoms with van der Waals surface area (Å²) < 4.78 is 12.8. The van der Waals surface area contributed by atoms with E-state index in [1.807, 2.05) is 4.90 Å². The number of hydrogen-bond acceptors (Lipinski definition) is 2. The van der Waals surface area contributed by atoms with Crippen LogP contribution >= 0.6 is 0 Å². The lowest BCUT2D eigenvalue weighted by atomic mass is 10.2. The zero-order chi connectivity index (χ0) is 16.8. The van der Waals surface area contributed by atoms with Crippen LogP contribution in [0, 0.1) is 17.7 Å². The highest BCUT2D eigenvalue weighted by molar-refractivity contribution is 5.92. The lowest BCUT2D eigenvalue weighted by Gasteiger charge is -2.21. The molecule has 1 aliphatic carbocycles. The summed E-state index contributed by atoms with van der Waals surface area (Å²) in [5.41, 5.74) is 0.849. The van der Waals surface area contributed by atoms with Crippen molar-refractivity contribution in [2.45, 2.75) is 39.7 Å². The van der Waals surface area contributed by atoms with Crippen LogP contribution in [-0.4, -0.2) is 29.8 Å². The van der Waals surface area contributed by atoms with Crippen LogP contribution in [0.5, 0.6) is 0 Å². The number of nitrogens with zero attached hydrogens (tertiary/aromatic N) is 1. The highest BCUT2D eigenvalue weighted by atomic mass is 19.1. The molecule has 1 aromatic rings. The van der Waals surface area contributed by atoms with E-state index in [0.717, 1.165) is 31.5 Å². The lowest BCUT2D eigenvalue weighted by molar-refractivity contribution is -0.134. The number of carbonyl (C=O) groups is 2. The highest BCUT2D eigenvalue weighted by Crippen LogP contribution is 2.40. The molecule has 0 radical (unpaired) electrons. The van der Waals surface area contributed by atoms with Gasteiger partial charge in [-0.15, -0.1) is 0 Å². The number of carbonyl (C=O) groups excluding carboxylic acids is 2. The molecule has 0 spiro atoms. The molecule has 5 heteroatoms. The third kappa shape index (κ3) is 4.78. The monoisotopic (exact) mass is 320 g/mol. The Hall–Kier alpha value is -1.91. The summed E-state index contributed by atoms with van der Waals surface area (Å²) in [7, 11) is 0. The van der Waals surface area contributed by atoms with Crippen LogP contribution < -0.4 is 5.32 Å². The first-order valence-corrected chi connectivity index (χ1v) is 8.37. The molecular formula is C18H25FN2O2. The zero-order valence-corrected chi connectivity index (χ0v) is 13.8. The number of benzene rings is 1. The zero-order valence-electron chi connectivity index (χ0n) is 13.8. The fourth-order valence-electron chi connectivity index (χ4n) is 2.79. The van der Waals surface area contributed by atoms with Gasteiger partial charge < -0.3 is 10.2 Å². The third-order valence-electron chi connectivity index (χ3n) is 4.12. The van der Waals surface area contributed by atoms with Crippen LogP contribution in [0.15, 0.2) is 24.3 Å². The molecule has 1 saturated carbocycles. The SMILES string of the molecule is CCCN(CCC)C(=O)C1CC1C(=O)NCc1ccc(F)cc1. The maximum absolute atomic E-state index is 12.8. The Kier molecular flexibility index (Phi) is 6.13. The Bertz CT molecular complexity index is 538. The van der Waals surface area contributed by atoms with E-state index in [9.17, 15) is 14.0 Å². The molecule has 0 bridgehead atoms. The van der Waals surface area contributed by atoms with Crippen molar-refractivity contribution in [2.24, 2.45) is 11.8 Å². The van der Waals surface area contributed by atoms with Crippen molar-refractivity contribution in [1.29, 1.82) is 0 Å². The maximum Gasteiger partial charge on any atom is 0.226 e. The van der Waals surface area contributed by atoms with Gasteiger partial charge in [-0.25, -0.2) is 4.39 Å². The van der Waals surface area contributed by atoms with E-state index in [1.54, 1.807) is 12.1 Å². The topological polar surface area (TPSA) is 49.4 Å². The van der Waals surface area contributed by atoms with E-state index < -0.39 is 0 Å². The quantitative estimate of drug-likeness (QED) is 0.801. The molecular weight excluding hydrogens is 295 g/mol. The smallest absolute Gasteiger partial charge is 0.226 e. The number of nitrogens with one attached hydrogen (secondary N) is 1. The third-order valence-corrected chi connectivity index (χ3v) is 4.12. The first kappa shape index (κ1) is 17.4. The first-order valence-electron chi connectivity index (χ1n) is 8.37. The van der Waals surface area contributed by atoms with Gasteiger partial charge in [0, 0.05) is 19.6 Å². The summed E-state index contributed by atoms with van der Waals surface area (Å²) in [6.45, 7) is 5.98. The number of rotatable bonds is 8. The van der Waals surface area contributed by atoms with E-state index in [1.165, 1.54) is 12.1 Å². The molecule has 4 nitrogen and oxygen atoms in total. The Morgan fingerprint density at radius 3 is 2.30 bits per heavy atom. The van der Waals surface area contributed by atoms with Crippen molar-refractivity contribution in [3.63, 3.8) is 0 Å². The minimum absolute atomic E-state index is 0.0828. The molecule has 2 atom stereocenters.